The second-order valence-electron chi connectivity index (χ2n) is 4.57. The summed E-state index contributed by atoms with van der Waals surface area (Å²) < 4.78 is 10.4. The molecule has 0 unspecified atom stereocenters. The quantitative estimate of drug-likeness (QED) is 0.834. The van der Waals surface area contributed by atoms with Crippen molar-refractivity contribution in [3.8, 4) is 11.5 Å². The normalized spacial score (nSPS) is 10.7. The Hall–Kier alpha value is -0.970. The third kappa shape index (κ3) is 4.72. The monoisotopic (exact) mass is 275 g/mol. The highest BCUT2D eigenvalue weighted by Gasteiger charge is 2.16. The predicted molar refractivity (Wildman–Crippen MR) is 74.8 cm³/mol. The van der Waals surface area contributed by atoms with E-state index in [1.54, 1.807) is 14.2 Å². The zero-order valence-electron chi connectivity index (χ0n) is 11.3. The molecule has 104 valence electrons. The van der Waals surface area contributed by atoms with E-state index in [-0.39, 0.29) is 24.6 Å². The van der Waals surface area contributed by atoms with Gasteiger partial charge in [-0.05, 0) is 19.9 Å². The number of aliphatic hydroxyl groups excluding tert-OH is 1. The molecule has 0 fully saturated rings. The average molecular weight is 276 g/mol. The lowest BCUT2D eigenvalue weighted by Crippen LogP contribution is -2.42. The van der Waals surface area contributed by atoms with E-state index in [0.29, 0.717) is 6.54 Å². The summed E-state index contributed by atoms with van der Waals surface area (Å²) in [6.07, 6.45) is 0. The van der Waals surface area contributed by atoms with Gasteiger partial charge in [-0.2, -0.15) is 0 Å². The molecule has 0 aliphatic carbocycles. The van der Waals surface area contributed by atoms with Crippen LogP contribution in [-0.4, -0.2) is 31.5 Å². The van der Waals surface area contributed by atoms with Crippen LogP contribution < -0.4 is 14.8 Å². The smallest absolute Gasteiger partial charge is 0.127 e. The Morgan fingerprint density at radius 1 is 1.22 bits per heavy atom. The van der Waals surface area contributed by atoms with E-state index < -0.39 is 0 Å². The second kappa shape index (κ2) is 7.46. The van der Waals surface area contributed by atoms with Crippen molar-refractivity contribution in [3.63, 3.8) is 0 Å². The molecule has 0 saturated carbocycles. The van der Waals surface area contributed by atoms with E-state index in [4.69, 9.17) is 14.6 Å². The molecular formula is C13H22ClNO3. The van der Waals surface area contributed by atoms with Crippen molar-refractivity contribution in [2.24, 2.45) is 0 Å². The minimum atomic E-state index is -0.301. The van der Waals surface area contributed by atoms with Gasteiger partial charge >= 0.3 is 0 Å². The summed E-state index contributed by atoms with van der Waals surface area (Å²) in [5, 5.41) is 12.4. The van der Waals surface area contributed by atoms with Gasteiger partial charge in [-0.25, -0.2) is 0 Å². The topological polar surface area (TPSA) is 50.7 Å². The van der Waals surface area contributed by atoms with Crippen LogP contribution in [0.3, 0.4) is 0 Å². The minimum absolute atomic E-state index is 0. The second-order valence-corrected chi connectivity index (χ2v) is 4.57. The molecule has 0 radical (unpaired) electrons. The molecule has 0 heterocycles. The Bertz CT molecular complexity index is 369. The lowest BCUT2D eigenvalue weighted by Gasteiger charge is -2.24. The van der Waals surface area contributed by atoms with E-state index in [1.807, 2.05) is 32.0 Å². The molecule has 18 heavy (non-hydrogen) atoms. The number of halogens is 1. The first-order valence-corrected chi connectivity index (χ1v) is 5.59. The van der Waals surface area contributed by atoms with Gasteiger partial charge < -0.3 is 19.9 Å². The molecule has 0 bridgehead atoms. The highest BCUT2D eigenvalue weighted by molar-refractivity contribution is 5.85. The summed E-state index contributed by atoms with van der Waals surface area (Å²) >= 11 is 0. The Kier molecular flexibility index (Phi) is 7.06. The number of nitrogens with one attached hydrogen (secondary N) is 1. The van der Waals surface area contributed by atoms with E-state index >= 15 is 0 Å². The molecule has 1 rings (SSSR count). The van der Waals surface area contributed by atoms with Gasteiger partial charge in [0.25, 0.3) is 0 Å². The van der Waals surface area contributed by atoms with Gasteiger partial charge in [-0.3, -0.25) is 0 Å². The van der Waals surface area contributed by atoms with Crippen molar-refractivity contribution < 1.29 is 14.6 Å². The highest BCUT2D eigenvalue weighted by Crippen LogP contribution is 2.24. The van der Waals surface area contributed by atoms with Crippen molar-refractivity contribution in [1.29, 1.82) is 0 Å². The van der Waals surface area contributed by atoms with Crippen molar-refractivity contribution >= 4 is 12.4 Å². The lowest BCUT2D eigenvalue weighted by molar-refractivity contribution is 0.187. The fraction of sp³-hybridized carbons (Fsp3) is 0.538. The Balaban J connectivity index is 0.00000289. The summed E-state index contributed by atoms with van der Waals surface area (Å²) in [4.78, 5) is 0. The maximum atomic E-state index is 9.17. The molecule has 0 spiro atoms. The number of aliphatic hydroxyl groups is 1. The minimum Gasteiger partial charge on any atom is -0.497 e. The van der Waals surface area contributed by atoms with Crippen molar-refractivity contribution in [1.82, 2.24) is 5.32 Å². The van der Waals surface area contributed by atoms with Gasteiger partial charge in [-0.1, -0.05) is 6.07 Å². The maximum Gasteiger partial charge on any atom is 0.127 e. The van der Waals surface area contributed by atoms with Crippen LogP contribution in [0.25, 0.3) is 0 Å². The van der Waals surface area contributed by atoms with Crippen molar-refractivity contribution in [2.75, 3.05) is 20.8 Å². The van der Waals surface area contributed by atoms with Crippen LogP contribution >= 0.6 is 12.4 Å². The summed E-state index contributed by atoms with van der Waals surface area (Å²) in [6.45, 7) is 4.62. The number of hydrogen-bond donors (Lipinski definition) is 2. The number of rotatable bonds is 6. The molecule has 0 atom stereocenters. The fourth-order valence-electron chi connectivity index (χ4n) is 1.39. The number of benzene rings is 1. The number of hydrogen-bond acceptors (Lipinski definition) is 4. The zero-order valence-corrected chi connectivity index (χ0v) is 12.1. The summed E-state index contributed by atoms with van der Waals surface area (Å²) in [5.74, 6) is 1.55. The molecule has 0 aromatic heterocycles. The standard InChI is InChI=1S/C13H21NO3.ClH/c1-13(2,9-15)14-8-10-5-6-11(16-3)7-12(10)17-4;/h5-7,14-15H,8-9H2,1-4H3;1H. The SMILES string of the molecule is COc1ccc(CNC(C)(C)CO)c(OC)c1.Cl. The van der Waals surface area contributed by atoms with Gasteiger partial charge in [0.05, 0.1) is 20.8 Å². The molecule has 1 aromatic carbocycles. The van der Waals surface area contributed by atoms with Gasteiger partial charge in [0, 0.05) is 23.7 Å². The van der Waals surface area contributed by atoms with Crippen LogP contribution in [0.2, 0.25) is 0 Å². The molecular weight excluding hydrogens is 254 g/mol. The lowest BCUT2D eigenvalue weighted by atomic mass is 10.1. The van der Waals surface area contributed by atoms with Crippen LogP contribution in [0, 0.1) is 0 Å². The van der Waals surface area contributed by atoms with Gasteiger partial charge in [-0.15, -0.1) is 12.4 Å². The van der Waals surface area contributed by atoms with E-state index in [0.717, 1.165) is 17.1 Å². The Labute approximate surface area is 115 Å². The van der Waals surface area contributed by atoms with E-state index in [9.17, 15) is 0 Å². The van der Waals surface area contributed by atoms with Crippen LogP contribution in [0.5, 0.6) is 11.5 Å². The van der Waals surface area contributed by atoms with Crippen LogP contribution in [0.4, 0.5) is 0 Å². The molecule has 0 aliphatic heterocycles. The number of ether oxygens (including phenoxy) is 2. The van der Waals surface area contributed by atoms with Crippen LogP contribution in [0.1, 0.15) is 19.4 Å². The van der Waals surface area contributed by atoms with E-state index in [2.05, 4.69) is 5.32 Å². The first-order chi connectivity index (χ1) is 8.02. The molecule has 1 aromatic rings. The molecule has 4 nitrogen and oxygen atoms in total. The highest BCUT2D eigenvalue weighted by atomic mass is 35.5. The zero-order chi connectivity index (χ0) is 12.9. The van der Waals surface area contributed by atoms with E-state index in [1.165, 1.54) is 0 Å². The van der Waals surface area contributed by atoms with Crippen molar-refractivity contribution in [3.05, 3.63) is 23.8 Å². The summed E-state index contributed by atoms with van der Waals surface area (Å²) in [6, 6.07) is 5.70. The Morgan fingerprint density at radius 2 is 1.89 bits per heavy atom. The van der Waals surface area contributed by atoms with Gasteiger partial charge in [0.15, 0.2) is 0 Å². The molecule has 0 saturated heterocycles. The third-order valence-electron chi connectivity index (χ3n) is 2.65. The summed E-state index contributed by atoms with van der Waals surface area (Å²) in [5.41, 5.74) is 0.736. The van der Waals surface area contributed by atoms with Gasteiger partial charge in [0.1, 0.15) is 11.5 Å². The van der Waals surface area contributed by atoms with Crippen molar-refractivity contribution in [2.45, 2.75) is 25.9 Å². The van der Waals surface area contributed by atoms with Gasteiger partial charge in [0.2, 0.25) is 0 Å². The first kappa shape index (κ1) is 17.0. The predicted octanol–water partition coefficient (Wildman–Crippen LogP) is 1.99. The summed E-state index contributed by atoms with van der Waals surface area (Å²) in [7, 11) is 3.26. The molecule has 2 N–H and O–H groups in total. The largest absolute Gasteiger partial charge is 0.497 e. The third-order valence-corrected chi connectivity index (χ3v) is 2.65. The fourth-order valence-corrected chi connectivity index (χ4v) is 1.39. The maximum absolute atomic E-state index is 9.17. The first-order valence-electron chi connectivity index (χ1n) is 5.59. The number of methoxy groups -OCH3 is 2. The molecule has 5 heteroatoms. The van der Waals surface area contributed by atoms with Crippen LogP contribution in [0.15, 0.2) is 18.2 Å². The van der Waals surface area contributed by atoms with Crippen LogP contribution in [-0.2, 0) is 6.54 Å². The molecule has 0 aliphatic rings. The molecule has 0 amide bonds. The Morgan fingerprint density at radius 3 is 2.39 bits per heavy atom. The average Bonchev–Trinajstić information content (AvgIpc) is 2.36.